The van der Waals surface area contributed by atoms with E-state index in [2.05, 4.69) is 149 Å². The lowest BCUT2D eigenvalue weighted by molar-refractivity contribution is 0.669. The molecular weight excluding hydrogens is 496 g/mol. The number of fused-ring (bicyclic) bond motifs is 3. The normalized spacial score (nSPS) is 11.4. The summed E-state index contributed by atoms with van der Waals surface area (Å²) in [6.07, 6.45) is 0. The maximum Gasteiger partial charge on any atom is 0.136 e. The molecule has 0 saturated heterocycles. The maximum atomic E-state index is 6.42. The summed E-state index contributed by atoms with van der Waals surface area (Å²) in [5.74, 6) is 0. The van der Waals surface area contributed by atoms with E-state index in [0.717, 1.165) is 33.1 Å². The van der Waals surface area contributed by atoms with Gasteiger partial charge < -0.3 is 4.42 Å². The Bertz CT molecular complexity index is 1860. The van der Waals surface area contributed by atoms with Crippen LogP contribution in [0.25, 0.3) is 66.4 Å². The average Bonchev–Trinajstić information content (AvgIpc) is 3.33. The van der Waals surface area contributed by atoms with Crippen LogP contribution in [-0.4, -0.2) is 0 Å². The summed E-state index contributed by atoms with van der Waals surface area (Å²) in [6, 6.07) is 44.2. The van der Waals surface area contributed by atoms with Crippen molar-refractivity contribution in [2.24, 2.45) is 0 Å². The van der Waals surface area contributed by atoms with Gasteiger partial charge in [0.1, 0.15) is 11.2 Å². The highest BCUT2D eigenvalue weighted by atomic mass is 16.3. The highest BCUT2D eigenvalue weighted by Crippen LogP contribution is 2.36. The van der Waals surface area contributed by atoms with E-state index in [4.69, 9.17) is 4.42 Å². The zero-order valence-electron chi connectivity index (χ0n) is 24.0. The van der Waals surface area contributed by atoms with Gasteiger partial charge in [-0.3, -0.25) is 0 Å². The molecule has 1 heteroatoms. The molecule has 0 fully saturated rings. The Morgan fingerprint density at radius 2 is 0.585 bits per heavy atom. The molecule has 0 atom stereocenters. The Kier molecular flexibility index (Phi) is 6.09. The molecule has 0 aliphatic carbocycles. The van der Waals surface area contributed by atoms with Crippen LogP contribution in [0.4, 0.5) is 0 Å². The standard InChI is InChI=1S/C40H32O/c1-25-17-26(2)20-35(19-25)31-9-5-29(6-10-31)33-13-15-37-38-16-14-34(24-40(38)41-39(37)23-33)30-7-11-32(12-8-30)36-21-27(3)18-28(4)22-36/h5-24H,1-4H3. The highest BCUT2D eigenvalue weighted by molar-refractivity contribution is 6.07. The third-order valence-corrected chi connectivity index (χ3v) is 8.02. The minimum Gasteiger partial charge on any atom is -0.456 e. The predicted molar refractivity (Wildman–Crippen MR) is 174 cm³/mol. The van der Waals surface area contributed by atoms with Gasteiger partial charge in [0, 0.05) is 10.8 Å². The molecule has 0 unspecified atom stereocenters. The molecule has 7 rings (SSSR count). The molecule has 0 amide bonds. The number of furan rings is 1. The van der Waals surface area contributed by atoms with Gasteiger partial charge in [-0.05, 0) is 96.5 Å². The third kappa shape index (κ3) is 4.85. The van der Waals surface area contributed by atoms with E-state index in [1.807, 2.05) is 0 Å². The van der Waals surface area contributed by atoms with Gasteiger partial charge in [-0.1, -0.05) is 119 Å². The van der Waals surface area contributed by atoms with Crippen molar-refractivity contribution in [1.82, 2.24) is 0 Å². The van der Waals surface area contributed by atoms with Gasteiger partial charge in [-0.25, -0.2) is 0 Å². The van der Waals surface area contributed by atoms with Crippen LogP contribution >= 0.6 is 0 Å². The fraction of sp³-hybridized carbons (Fsp3) is 0.100. The van der Waals surface area contributed by atoms with Crippen LogP contribution in [0.1, 0.15) is 22.3 Å². The average molecular weight is 529 g/mol. The van der Waals surface area contributed by atoms with Crippen molar-refractivity contribution in [1.29, 1.82) is 0 Å². The monoisotopic (exact) mass is 528 g/mol. The van der Waals surface area contributed by atoms with E-state index >= 15 is 0 Å². The SMILES string of the molecule is Cc1cc(C)cc(-c2ccc(-c3ccc4c(c3)oc3cc(-c5ccc(-c6cc(C)cc(C)c6)cc5)ccc34)cc2)c1. The molecule has 198 valence electrons. The summed E-state index contributed by atoms with van der Waals surface area (Å²) in [4.78, 5) is 0. The summed E-state index contributed by atoms with van der Waals surface area (Å²) >= 11 is 0. The summed E-state index contributed by atoms with van der Waals surface area (Å²) in [7, 11) is 0. The summed E-state index contributed by atoms with van der Waals surface area (Å²) in [5, 5.41) is 2.29. The molecule has 1 heterocycles. The Morgan fingerprint density at radius 3 is 0.927 bits per heavy atom. The largest absolute Gasteiger partial charge is 0.456 e. The van der Waals surface area contributed by atoms with Gasteiger partial charge in [0.2, 0.25) is 0 Å². The molecule has 41 heavy (non-hydrogen) atoms. The number of benzene rings is 6. The molecule has 0 N–H and O–H groups in total. The zero-order chi connectivity index (χ0) is 28.1. The van der Waals surface area contributed by atoms with Gasteiger partial charge in [0.25, 0.3) is 0 Å². The Morgan fingerprint density at radius 1 is 0.293 bits per heavy atom. The molecule has 1 aromatic heterocycles. The lowest BCUT2D eigenvalue weighted by atomic mass is 9.97. The van der Waals surface area contributed by atoms with E-state index in [1.165, 1.54) is 55.6 Å². The van der Waals surface area contributed by atoms with Crippen LogP contribution < -0.4 is 0 Å². The van der Waals surface area contributed by atoms with E-state index in [1.54, 1.807) is 0 Å². The van der Waals surface area contributed by atoms with E-state index in [9.17, 15) is 0 Å². The smallest absolute Gasteiger partial charge is 0.136 e. The molecule has 1 nitrogen and oxygen atoms in total. The van der Waals surface area contributed by atoms with Crippen LogP contribution in [0, 0.1) is 27.7 Å². The van der Waals surface area contributed by atoms with Gasteiger partial charge in [0.05, 0.1) is 0 Å². The van der Waals surface area contributed by atoms with E-state index in [-0.39, 0.29) is 0 Å². The molecule has 0 saturated carbocycles. The van der Waals surface area contributed by atoms with Crippen LogP contribution in [0.5, 0.6) is 0 Å². The van der Waals surface area contributed by atoms with Crippen molar-refractivity contribution >= 4 is 21.9 Å². The molecule has 0 aliphatic heterocycles. The fourth-order valence-corrected chi connectivity index (χ4v) is 6.13. The van der Waals surface area contributed by atoms with Gasteiger partial charge in [-0.15, -0.1) is 0 Å². The van der Waals surface area contributed by atoms with Crippen molar-refractivity contribution in [3.05, 3.63) is 144 Å². The second-order valence-electron chi connectivity index (χ2n) is 11.4. The minimum atomic E-state index is 0.915. The first-order valence-electron chi connectivity index (χ1n) is 14.2. The highest BCUT2D eigenvalue weighted by Gasteiger charge is 2.11. The van der Waals surface area contributed by atoms with Gasteiger partial charge in [0.15, 0.2) is 0 Å². The van der Waals surface area contributed by atoms with E-state index in [0.29, 0.717) is 0 Å². The van der Waals surface area contributed by atoms with Crippen molar-refractivity contribution < 1.29 is 4.42 Å². The fourth-order valence-electron chi connectivity index (χ4n) is 6.13. The third-order valence-electron chi connectivity index (χ3n) is 8.02. The van der Waals surface area contributed by atoms with Crippen LogP contribution in [0.3, 0.4) is 0 Å². The second kappa shape index (κ2) is 9.94. The maximum absolute atomic E-state index is 6.42. The molecule has 0 spiro atoms. The molecule has 7 aromatic rings. The number of hydrogen-bond donors (Lipinski definition) is 0. The number of hydrogen-bond acceptors (Lipinski definition) is 1. The van der Waals surface area contributed by atoms with Crippen molar-refractivity contribution in [2.75, 3.05) is 0 Å². The summed E-state index contributed by atoms with van der Waals surface area (Å²) in [6.45, 7) is 8.61. The van der Waals surface area contributed by atoms with Crippen LogP contribution in [-0.2, 0) is 0 Å². The van der Waals surface area contributed by atoms with E-state index < -0.39 is 0 Å². The van der Waals surface area contributed by atoms with Gasteiger partial charge >= 0.3 is 0 Å². The first-order valence-corrected chi connectivity index (χ1v) is 14.2. The first kappa shape index (κ1) is 25.1. The Hall–Kier alpha value is -4.88. The molecule has 0 aliphatic rings. The summed E-state index contributed by atoms with van der Waals surface area (Å²) in [5.41, 5.74) is 16.7. The first-order chi connectivity index (χ1) is 19.9. The van der Waals surface area contributed by atoms with Crippen LogP contribution in [0.15, 0.2) is 126 Å². The van der Waals surface area contributed by atoms with Crippen molar-refractivity contribution in [2.45, 2.75) is 27.7 Å². The molecular formula is C40H32O. The number of rotatable bonds is 4. The minimum absolute atomic E-state index is 0.915. The molecule has 0 bridgehead atoms. The molecule has 0 radical (unpaired) electrons. The second-order valence-corrected chi connectivity index (χ2v) is 11.4. The van der Waals surface area contributed by atoms with Crippen molar-refractivity contribution in [3.63, 3.8) is 0 Å². The topological polar surface area (TPSA) is 13.1 Å². The molecule has 6 aromatic carbocycles. The Labute approximate surface area is 241 Å². The lowest BCUT2D eigenvalue weighted by Gasteiger charge is -2.07. The quantitative estimate of drug-likeness (QED) is 0.221. The lowest BCUT2D eigenvalue weighted by Crippen LogP contribution is -1.84. The van der Waals surface area contributed by atoms with Crippen LogP contribution in [0.2, 0.25) is 0 Å². The predicted octanol–water partition coefficient (Wildman–Crippen LogP) is 11.5. The summed E-state index contributed by atoms with van der Waals surface area (Å²) < 4.78 is 6.42. The number of aryl methyl sites for hydroxylation is 4. The Balaban J connectivity index is 1.18. The van der Waals surface area contributed by atoms with Crippen molar-refractivity contribution in [3.8, 4) is 44.5 Å². The zero-order valence-corrected chi connectivity index (χ0v) is 24.0. The van der Waals surface area contributed by atoms with Gasteiger partial charge in [-0.2, -0.15) is 0 Å².